The molecule has 4 aromatic rings. The van der Waals surface area contributed by atoms with E-state index in [0.717, 1.165) is 29.5 Å². The van der Waals surface area contributed by atoms with Crippen LogP contribution in [0.3, 0.4) is 0 Å². The number of carbonyl (C=O) groups is 1. The van der Waals surface area contributed by atoms with E-state index in [2.05, 4.69) is 51.1 Å². The maximum atomic E-state index is 12.5. The lowest BCUT2D eigenvalue weighted by atomic mass is 9.98. The Kier molecular flexibility index (Phi) is 4.77. The molecule has 0 fully saturated rings. The lowest BCUT2D eigenvalue weighted by Crippen LogP contribution is -2.18. The smallest absolute Gasteiger partial charge is 0.272 e. The molecule has 1 aliphatic rings. The number of aromatic amines is 1. The van der Waals surface area contributed by atoms with E-state index < -0.39 is 0 Å². The topological polar surface area (TPSA) is 70.1 Å². The van der Waals surface area contributed by atoms with E-state index in [-0.39, 0.29) is 5.91 Å². The van der Waals surface area contributed by atoms with Gasteiger partial charge in [0.15, 0.2) is 0 Å². The molecule has 30 heavy (non-hydrogen) atoms. The molecule has 0 aliphatic heterocycles. The predicted octanol–water partition coefficient (Wildman–Crippen LogP) is 5.40. The number of hydrogen-bond acceptors (Lipinski definition) is 3. The maximum Gasteiger partial charge on any atom is 0.289 e. The third kappa shape index (κ3) is 3.36. The zero-order valence-electron chi connectivity index (χ0n) is 15.7. The second-order valence-electron chi connectivity index (χ2n) is 7.14. The van der Waals surface area contributed by atoms with Crippen LogP contribution in [0.5, 0.6) is 0 Å². The summed E-state index contributed by atoms with van der Waals surface area (Å²) in [5.41, 5.74) is 7.93. The molecule has 5 nitrogen and oxygen atoms in total. The fourth-order valence-electron chi connectivity index (χ4n) is 3.87. The highest BCUT2D eigenvalue weighted by atomic mass is 35.5. The van der Waals surface area contributed by atoms with Crippen molar-refractivity contribution in [3.8, 4) is 11.3 Å². The molecular weight excluding hydrogens is 419 g/mol. The van der Waals surface area contributed by atoms with E-state index in [4.69, 9.17) is 23.2 Å². The first-order valence-corrected chi connectivity index (χ1v) is 10.2. The number of amides is 1. The van der Waals surface area contributed by atoms with Gasteiger partial charge in [-0.05, 0) is 52.9 Å². The summed E-state index contributed by atoms with van der Waals surface area (Å²) in [6, 6.07) is 17.4. The van der Waals surface area contributed by atoms with E-state index in [1.807, 2.05) is 0 Å². The van der Waals surface area contributed by atoms with Crippen LogP contribution in [0.25, 0.3) is 22.0 Å². The fraction of sp³-hybridized carbons (Fsp3) is 0.0870. The Bertz CT molecular complexity index is 1320. The van der Waals surface area contributed by atoms with Crippen molar-refractivity contribution in [2.45, 2.75) is 12.8 Å². The van der Waals surface area contributed by atoms with Crippen molar-refractivity contribution in [3.63, 3.8) is 0 Å². The molecule has 2 N–H and O–H groups in total. The second-order valence-corrected chi connectivity index (χ2v) is 7.99. The molecule has 0 spiro atoms. The Balaban J connectivity index is 1.38. The lowest BCUT2D eigenvalue weighted by molar-refractivity contribution is 0.0950. The molecular formula is C23H16Cl2N4O. The molecule has 0 radical (unpaired) electrons. The number of halogens is 2. The first-order valence-electron chi connectivity index (χ1n) is 9.48. The lowest BCUT2D eigenvalue weighted by Gasteiger charge is -2.06. The van der Waals surface area contributed by atoms with Gasteiger partial charge in [0.05, 0.1) is 16.9 Å². The molecule has 1 amide bonds. The van der Waals surface area contributed by atoms with Gasteiger partial charge in [-0.2, -0.15) is 10.2 Å². The second kappa shape index (κ2) is 7.59. The highest BCUT2D eigenvalue weighted by Gasteiger charge is 2.18. The van der Waals surface area contributed by atoms with Gasteiger partial charge in [0.2, 0.25) is 0 Å². The van der Waals surface area contributed by atoms with E-state index in [0.29, 0.717) is 21.3 Å². The number of nitrogens with one attached hydrogen (secondary N) is 2. The van der Waals surface area contributed by atoms with Crippen LogP contribution in [0, 0.1) is 0 Å². The number of carbonyl (C=O) groups excluding carboxylic acids is 1. The van der Waals surface area contributed by atoms with Gasteiger partial charge in [0.25, 0.3) is 5.91 Å². The monoisotopic (exact) mass is 434 g/mol. The van der Waals surface area contributed by atoms with Crippen LogP contribution in [0.2, 0.25) is 10.0 Å². The quantitative estimate of drug-likeness (QED) is 0.333. The molecule has 1 aromatic heterocycles. The van der Waals surface area contributed by atoms with Gasteiger partial charge in [0.1, 0.15) is 5.69 Å². The summed E-state index contributed by atoms with van der Waals surface area (Å²) in [5, 5.41) is 14.6. The molecule has 3 aromatic carbocycles. The number of hydrogen-bond donors (Lipinski definition) is 2. The first kappa shape index (κ1) is 18.9. The van der Waals surface area contributed by atoms with Gasteiger partial charge >= 0.3 is 0 Å². The van der Waals surface area contributed by atoms with Crippen LogP contribution in [-0.2, 0) is 12.8 Å². The molecule has 7 heteroatoms. The van der Waals surface area contributed by atoms with E-state index >= 15 is 0 Å². The minimum absolute atomic E-state index is 0.326. The van der Waals surface area contributed by atoms with Gasteiger partial charge in [-0.1, -0.05) is 59.6 Å². The van der Waals surface area contributed by atoms with Crippen molar-refractivity contribution in [3.05, 3.63) is 87.0 Å². The summed E-state index contributed by atoms with van der Waals surface area (Å²) in [6.45, 7) is 0. The fourth-order valence-corrected chi connectivity index (χ4v) is 4.33. The summed E-state index contributed by atoms with van der Waals surface area (Å²) in [4.78, 5) is 12.5. The van der Waals surface area contributed by atoms with Crippen molar-refractivity contribution >= 4 is 46.1 Å². The number of benzene rings is 3. The van der Waals surface area contributed by atoms with Gasteiger partial charge in [-0.3, -0.25) is 9.89 Å². The number of aryl methyl sites for hydroxylation is 2. The minimum atomic E-state index is -0.388. The number of hydrazone groups is 1. The molecule has 5 rings (SSSR count). The molecule has 148 valence electrons. The van der Waals surface area contributed by atoms with Gasteiger partial charge in [-0.25, -0.2) is 5.43 Å². The number of H-pyrrole nitrogens is 1. The Hall–Kier alpha value is -3.15. The standard InChI is InChI=1S/C23H16Cl2N4O/c24-16-8-6-15(19(25)10-16)12-26-29-23(30)21-11-20(27-28-21)17-9-7-14-5-4-13-2-1-3-18(17)22(13)14/h1-3,6-12H,4-5H2,(H,27,28)(H,29,30)/b26-12+. The van der Waals surface area contributed by atoms with Gasteiger partial charge in [-0.15, -0.1) is 0 Å². The summed E-state index contributed by atoms with van der Waals surface area (Å²) in [5.74, 6) is -0.388. The summed E-state index contributed by atoms with van der Waals surface area (Å²) in [6.07, 6.45) is 3.61. The molecule has 1 heterocycles. The third-order valence-electron chi connectivity index (χ3n) is 5.31. The van der Waals surface area contributed by atoms with Crippen LogP contribution in [0.1, 0.15) is 27.2 Å². The molecule has 1 aliphatic carbocycles. The summed E-state index contributed by atoms with van der Waals surface area (Å²) >= 11 is 12.0. The SMILES string of the molecule is O=C(N/N=C/c1ccc(Cl)cc1Cl)c1cc(-c2ccc3c4c(cccc24)CC3)n[nH]1. The van der Waals surface area contributed by atoms with Crippen LogP contribution in [0.4, 0.5) is 0 Å². The van der Waals surface area contributed by atoms with Crippen molar-refractivity contribution in [2.75, 3.05) is 0 Å². The average Bonchev–Trinajstić information content (AvgIpc) is 3.39. The maximum absolute atomic E-state index is 12.5. The Morgan fingerprint density at radius 3 is 2.73 bits per heavy atom. The molecule has 0 saturated carbocycles. The largest absolute Gasteiger partial charge is 0.289 e. The van der Waals surface area contributed by atoms with E-state index in [9.17, 15) is 4.79 Å². The zero-order valence-corrected chi connectivity index (χ0v) is 17.3. The van der Waals surface area contributed by atoms with Crippen molar-refractivity contribution < 1.29 is 4.79 Å². The number of rotatable bonds is 4. The van der Waals surface area contributed by atoms with Crippen molar-refractivity contribution in [1.82, 2.24) is 15.6 Å². The first-order chi connectivity index (χ1) is 14.6. The van der Waals surface area contributed by atoms with E-state index in [1.165, 1.54) is 22.7 Å². The van der Waals surface area contributed by atoms with E-state index in [1.54, 1.807) is 24.3 Å². The highest BCUT2D eigenvalue weighted by molar-refractivity contribution is 6.36. The van der Waals surface area contributed by atoms with Crippen LogP contribution >= 0.6 is 23.2 Å². The predicted molar refractivity (Wildman–Crippen MR) is 120 cm³/mol. The van der Waals surface area contributed by atoms with Gasteiger partial charge in [0, 0.05) is 16.1 Å². The van der Waals surface area contributed by atoms with Crippen LogP contribution in [-0.4, -0.2) is 22.3 Å². The van der Waals surface area contributed by atoms with Crippen molar-refractivity contribution in [1.29, 1.82) is 0 Å². The molecule has 0 saturated heterocycles. The minimum Gasteiger partial charge on any atom is -0.272 e. The molecule has 0 unspecified atom stereocenters. The van der Waals surface area contributed by atoms with Crippen molar-refractivity contribution in [2.24, 2.45) is 5.10 Å². The summed E-state index contributed by atoms with van der Waals surface area (Å²) in [7, 11) is 0. The number of aromatic nitrogens is 2. The normalized spacial score (nSPS) is 12.7. The Morgan fingerprint density at radius 2 is 1.90 bits per heavy atom. The average molecular weight is 435 g/mol. The van der Waals surface area contributed by atoms with Crippen LogP contribution in [0.15, 0.2) is 59.7 Å². The third-order valence-corrected chi connectivity index (χ3v) is 5.87. The van der Waals surface area contributed by atoms with Crippen LogP contribution < -0.4 is 5.43 Å². The molecule has 0 atom stereocenters. The summed E-state index contributed by atoms with van der Waals surface area (Å²) < 4.78 is 0. The molecule has 0 bridgehead atoms. The Labute approximate surface area is 182 Å². The zero-order chi connectivity index (χ0) is 20.7. The van der Waals surface area contributed by atoms with Gasteiger partial charge < -0.3 is 0 Å². The number of nitrogens with zero attached hydrogens (tertiary/aromatic N) is 2. The highest BCUT2D eigenvalue weighted by Crippen LogP contribution is 2.36. The Morgan fingerprint density at radius 1 is 1.07 bits per heavy atom.